The summed E-state index contributed by atoms with van der Waals surface area (Å²) in [5, 5.41) is 2.97. The number of likely N-dealkylation sites (N-methyl/N-ethyl adjacent to an activating group) is 2. The molecule has 2 rings (SSSR count). The second-order valence-corrected chi connectivity index (χ2v) is 7.17. The van der Waals surface area contributed by atoms with Gasteiger partial charge in [0.15, 0.2) is 0 Å². The minimum atomic E-state index is -0.288. The van der Waals surface area contributed by atoms with Crippen LogP contribution in [-0.2, 0) is 16.0 Å². The second-order valence-electron chi connectivity index (χ2n) is 7.17. The van der Waals surface area contributed by atoms with Gasteiger partial charge in [-0.1, -0.05) is 31.2 Å². The first-order valence-electron chi connectivity index (χ1n) is 9.41. The molecule has 7 nitrogen and oxygen atoms in total. The molecule has 1 saturated heterocycles. The van der Waals surface area contributed by atoms with Crippen LogP contribution in [0.5, 0.6) is 0 Å². The van der Waals surface area contributed by atoms with Gasteiger partial charge in [0.25, 0.3) is 0 Å². The quantitative estimate of drug-likeness (QED) is 0.667. The highest BCUT2D eigenvalue weighted by Crippen LogP contribution is 2.18. The topological polar surface area (TPSA) is 73.0 Å². The third-order valence-corrected chi connectivity index (χ3v) is 4.91. The molecule has 1 aromatic rings. The highest BCUT2D eigenvalue weighted by atomic mass is 16.2. The number of amides is 4. The Bertz CT molecular complexity index is 672. The van der Waals surface area contributed by atoms with Crippen molar-refractivity contribution in [3.8, 4) is 0 Å². The molecule has 7 heteroatoms. The van der Waals surface area contributed by atoms with Gasteiger partial charge in [-0.15, -0.1) is 0 Å². The lowest BCUT2D eigenvalue weighted by Crippen LogP contribution is -2.36. The molecule has 1 aliphatic rings. The van der Waals surface area contributed by atoms with Crippen molar-refractivity contribution in [1.82, 2.24) is 20.0 Å². The van der Waals surface area contributed by atoms with Gasteiger partial charge >= 0.3 is 6.03 Å². The van der Waals surface area contributed by atoms with E-state index < -0.39 is 0 Å². The molecule has 0 spiro atoms. The highest BCUT2D eigenvalue weighted by Gasteiger charge is 2.32. The molecule has 0 aliphatic carbocycles. The standard InChI is InChI=1S/C20H30N4O3/c1-5-15-8-10-16(11-9-15)17(22(2)3)13-21-18(25)7-6-12-24-19(26)14-23(4)20(24)27/h8-11,17H,5-7,12-14H2,1-4H3,(H,21,25). The Morgan fingerprint density at radius 3 is 2.41 bits per heavy atom. The summed E-state index contributed by atoms with van der Waals surface area (Å²) in [6, 6.07) is 8.26. The molecule has 0 saturated carbocycles. The first-order chi connectivity index (χ1) is 12.8. The minimum absolute atomic E-state index is 0.0699. The molecule has 1 unspecified atom stereocenters. The van der Waals surface area contributed by atoms with Gasteiger partial charge in [-0.2, -0.15) is 0 Å². The summed E-state index contributed by atoms with van der Waals surface area (Å²) in [7, 11) is 5.58. The van der Waals surface area contributed by atoms with E-state index in [1.165, 1.54) is 15.4 Å². The Kier molecular flexibility index (Phi) is 7.36. The van der Waals surface area contributed by atoms with Crippen molar-refractivity contribution in [3.63, 3.8) is 0 Å². The first-order valence-corrected chi connectivity index (χ1v) is 9.41. The number of nitrogens with zero attached hydrogens (tertiary/aromatic N) is 3. The molecule has 0 radical (unpaired) electrons. The van der Waals surface area contributed by atoms with Gasteiger partial charge in [-0.05, 0) is 38.1 Å². The van der Waals surface area contributed by atoms with Crippen LogP contribution in [-0.4, -0.2) is 73.3 Å². The summed E-state index contributed by atoms with van der Waals surface area (Å²) < 4.78 is 0. The third-order valence-electron chi connectivity index (χ3n) is 4.91. The third kappa shape index (κ3) is 5.53. The van der Waals surface area contributed by atoms with Crippen LogP contribution >= 0.6 is 0 Å². The number of benzene rings is 1. The Morgan fingerprint density at radius 1 is 1.22 bits per heavy atom. The number of urea groups is 1. The average molecular weight is 374 g/mol. The van der Waals surface area contributed by atoms with Crippen LogP contribution in [0.2, 0.25) is 0 Å². The Balaban J connectivity index is 1.80. The zero-order valence-corrected chi connectivity index (χ0v) is 16.7. The molecular weight excluding hydrogens is 344 g/mol. The van der Waals surface area contributed by atoms with Gasteiger partial charge in [0.1, 0.15) is 6.54 Å². The van der Waals surface area contributed by atoms with Crippen LogP contribution in [0.15, 0.2) is 24.3 Å². The predicted molar refractivity (Wildman–Crippen MR) is 104 cm³/mol. The molecule has 1 N–H and O–H groups in total. The van der Waals surface area contributed by atoms with E-state index in [4.69, 9.17) is 0 Å². The smallest absolute Gasteiger partial charge is 0.326 e. The molecule has 1 atom stereocenters. The maximum Gasteiger partial charge on any atom is 0.326 e. The number of carbonyl (C=O) groups is 3. The minimum Gasteiger partial charge on any atom is -0.354 e. The fourth-order valence-electron chi connectivity index (χ4n) is 3.16. The monoisotopic (exact) mass is 374 g/mol. The molecule has 27 heavy (non-hydrogen) atoms. The maximum absolute atomic E-state index is 12.2. The van der Waals surface area contributed by atoms with E-state index in [9.17, 15) is 14.4 Å². The van der Waals surface area contributed by atoms with Gasteiger partial charge in [-0.3, -0.25) is 14.5 Å². The molecular formula is C20H30N4O3. The van der Waals surface area contributed by atoms with E-state index in [1.807, 2.05) is 14.1 Å². The van der Waals surface area contributed by atoms with Crippen LogP contribution < -0.4 is 5.32 Å². The lowest BCUT2D eigenvalue weighted by atomic mass is 10.0. The largest absolute Gasteiger partial charge is 0.354 e. The molecule has 4 amide bonds. The Hall–Kier alpha value is -2.41. The molecule has 0 bridgehead atoms. The van der Waals surface area contributed by atoms with E-state index >= 15 is 0 Å². The number of rotatable bonds is 9. The van der Waals surface area contributed by atoms with Crippen molar-refractivity contribution in [1.29, 1.82) is 0 Å². The highest BCUT2D eigenvalue weighted by molar-refractivity contribution is 6.01. The molecule has 0 aromatic heterocycles. The summed E-state index contributed by atoms with van der Waals surface area (Å²) in [6.07, 6.45) is 1.76. The molecule has 1 aromatic carbocycles. The normalized spacial score (nSPS) is 15.6. The van der Waals surface area contributed by atoms with Gasteiger partial charge in [0.2, 0.25) is 11.8 Å². The van der Waals surface area contributed by atoms with Crippen molar-refractivity contribution in [3.05, 3.63) is 35.4 Å². The zero-order valence-electron chi connectivity index (χ0n) is 16.7. The van der Waals surface area contributed by atoms with E-state index in [2.05, 4.69) is 41.4 Å². The van der Waals surface area contributed by atoms with Crippen molar-refractivity contribution in [2.24, 2.45) is 0 Å². The summed E-state index contributed by atoms with van der Waals surface area (Å²) in [6.45, 7) is 3.04. The Labute approximate surface area is 161 Å². The Morgan fingerprint density at radius 2 is 1.89 bits per heavy atom. The summed E-state index contributed by atoms with van der Waals surface area (Å²) in [5.41, 5.74) is 2.45. The van der Waals surface area contributed by atoms with Gasteiger partial charge in [0.05, 0.1) is 6.04 Å². The van der Waals surface area contributed by atoms with Gasteiger partial charge < -0.3 is 15.1 Å². The lowest BCUT2D eigenvalue weighted by Gasteiger charge is -2.25. The summed E-state index contributed by atoms with van der Waals surface area (Å²) in [4.78, 5) is 40.4. The number of imide groups is 1. The zero-order chi connectivity index (χ0) is 20.0. The van der Waals surface area contributed by atoms with Crippen molar-refractivity contribution in [2.45, 2.75) is 32.2 Å². The summed E-state index contributed by atoms with van der Waals surface area (Å²) in [5.74, 6) is -0.273. The maximum atomic E-state index is 12.2. The van der Waals surface area contributed by atoms with Crippen molar-refractivity contribution >= 4 is 17.8 Å². The van der Waals surface area contributed by atoms with Crippen molar-refractivity contribution < 1.29 is 14.4 Å². The number of aryl methyl sites for hydroxylation is 1. The predicted octanol–water partition coefficient (Wildman–Crippen LogP) is 1.64. The second kappa shape index (κ2) is 9.50. The molecule has 148 valence electrons. The number of nitrogens with one attached hydrogen (secondary N) is 1. The van der Waals surface area contributed by atoms with Crippen LogP contribution in [0.4, 0.5) is 4.79 Å². The number of hydrogen-bond donors (Lipinski definition) is 1. The van der Waals surface area contributed by atoms with Crippen molar-refractivity contribution in [2.75, 3.05) is 40.8 Å². The summed E-state index contributed by atoms with van der Waals surface area (Å²) >= 11 is 0. The van der Waals surface area contributed by atoms with E-state index in [0.717, 1.165) is 12.0 Å². The van der Waals surface area contributed by atoms with E-state index in [-0.39, 0.29) is 43.4 Å². The van der Waals surface area contributed by atoms with Crippen LogP contribution in [0.3, 0.4) is 0 Å². The SMILES string of the molecule is CCc1ccc(C(CNC(=O)CCCN2C(=O)CN(C)C2=O)N(C)C)cc1. The first kappa shape index (κ1) is 20.9. The fraction of sp³-hybridized carbons (Fsp3) is 0.550. The van der Waals surface area contributed by atoms with Crippen LogP contribution in [0.1, 0.15) is 36.9 Å². The average Bonchev–Trinajstić information content (AvgIpc) is 2.88. The number of carbonyl (C=O) groups excluding carboxylic acids is 3. The van der Waals surface area contributed by atoms with Crippen LogP contribution in [0.25, 0.3) is 0 Å². The van der Waals surface area contributed by atoms with E-state index in [1.54, 1.807) is 7.05 Å². The number of hydrogen-bond acceptors (Lipinski definition) is 4. The van der Waals surface area contributed by atoms with Gasteiger partial charge in [-0.25, -0.2) is 4.79 Å². The molecule has 1 aliphatic heterocycles. The molecule has 1 heterocycles. The van der Waals surface area contributed by atoms with Crippen LogP contribution in [0, 0.1) is 0 Å². The molecule has 1 fully saturated rings. The lowest BCUT2D eigenvalue weighted by molar-refractivity contribution is -0.126. The van der Waals surface area contributed by atoms with E-state index in [0.29, 0.717) is 13.0 Å². The fourth-order valence-corrected chi connectivity index (χ4v) is 3.16. The van der Waals surface area contributed by atoms with Gasteiger partial charge in [0, 0.05) is 26.6 Å².